The molecule has 1 atom stereocenters. The van der Waals surface area contributed by atoms with Crippen LogP contribution in [0.25, 0.3) is 11.0 Å². The Morgan fingerprint density at radius 2 is 1.81 bits per heavy atom. The van der Waals surface area contributed by atoms with Crippen molar-refractivity contribution in [1.29, 1.82) is 0 Å². The summed E-state index contributed by atoms with van der Waals surface area (Å²) in [6.07, 6.45) is 3.52. The molecule has 3 aliphatic heterocycles. The lowest BCUT2D eigenvalue weighted by Gasteiger charge is -2.34. The molecule has 1 N–H and O–H groups in total. The van der Waals surface area contributed by atoms with Gasteiger partial charge < -0.3 is 19.4 Å². The van der Waals surface area contributed by atoms with E-state index in [0.717, 1.165) is 62.6 Å². The van der Waals surface area contributed by atoms with Gasteiger partial charge in [-0.1, -0.05) is 18.2 Å². The molecule has 0 radical (unpaired) electrons. The maximum Gasteiger partial charge on any atom is 0.161 e. The molecule has 2 saturated heterocycles. The van der Waals surface area contributed by atoms with Crippen LogP contribution in [0.5, 0.6) is 11.5 Å². The zero-order valence-corrected chi connectivity index (χ0v) is 17.9. The fourth-order valence-electron chi connectivity index (χ4n) is 5.39. The van der Waals surface area contributed by atoms with Gasteiger partial charge in [0.2, 0.25) is 0 Å². The van der Waals surface area contributed by atoms with Crippen LogP contribution in [0.4, 0.5) is 0 Å². The molecule has 3 aromatic rings. The lowest BCUT2D eigenvalue weighted by Crippen LogP contribution is -2.35. The molecule has 31 heavy (non-hydrogen) atoms. The zero-order chi connectivity index (χ0) is 20.6. The Morgan fingerprint density at radius 1 is 0.968 bits per heavy atom. The Balaban J connectivity index is 1.18. The van der Waals surface area contributed by atoms with Gasteiger partial charge in [0.05, 0.1) is 11.0 Å². The maximum absolute atomic E-state index is 5.76. The van der Waals surface area contributed by atoms with E-state index in [-0.39, 0.29) is 0 Å². The van der Waals surface area contributed by atoms with Crippen LogP contribution in [0.2, 0.25) is 0 Å². The molecule has 6 nitrogen and oxygen atoms in total. The number of benzene rings is 2. The monoisotopic (exact) mass is 418 g/mol. The van der Waals surface area contributed by atoms with Crippen molar-refractivity contribution in [3.8, 4) is 11.5 Å². The van der Waals surface area contributed by atoms with Gasteiger partial charge in [0.15, 0.2) is 11.5 Å². The predicted molar refractivity (Wildman–Crippen MR) is 121 cm³/mol. The number of piperidine rings is 1. The van der Waals surface area contributed by atoms with Gasteiger partial charge in [-0.2, -0.15) is 0 Å². The molecule has 0 bridgehead atoms. The number of nitrogens with zero attached hydrogens (tertiary/aromatic N) is 3. The van der Waals surface area contributed by atoms with E-state index in [2.05, 4.69) is 57.2 Å². The van der Waals surface area contributed by atoms with Crippen molar-refractivity contribution in [1.82, 2.24) is 19.8 Å². The van der Waals surface area contributed by atoms with E-state index in [9.17, 15) is 0 Å². The highest BCUT2D eigenvalue weighted by molar-refractivity contribution is 5.76. The summed E-state index contributed by atoms with van der Waals surface area (Å²) >= 11 is 0. The van der Waals surface area contributed by atoms with Gasteiger partial charge in [0, 0.05) is 38.1 Å². The summed E-state index contributed by atoms with van der Waals surface area (Å²) in [5.41, 5.74) is 3.74. The minimum absolute atomic E-state index is 0.527. The van der Waals surface area contributed by atoms with E-state index in [1.165, 1.54) is 23.3 Å². The summed E-state index contributed by atoms with van der Waals surface area (Å²) in [7, 11) is 0. The average molecular weight is 419 g/mol. The van der Waals surface area contributed by atoms with Gasteiger partial charge in [0.1, 0.15) is 19.0 Å². The van der Waals surface area contributed by atoms with Gasteiger partial charge in [-0.3, -0.25) is 4.90 Å². The molecule has 6 heteroatoms. The number of imidazole rings is 1. The summed E-state index contributed by atoms with van der Waals surface area (Å²) in [6.45, 7) is 6.60. The third kappa shape index (κ3) is 3.68. The second kappa shape index (κ2) is 8.17. The average Bonchev–Trinajstić information content (AvgIpc) is 3.48. The highest BCUT2D eigenvalue weighted by Crippen LogP contribution is 2.35. The van der Waals surface area contributed by atoms with Crippen molar-refractivity contribution in [2.45, 2.75) is 37.8 Å². The second-order valence-electron chi connectivity index (χ2n) is 9.00. The number of rotatable bonds is 4. The molecule has 2 fully saturated rings. The van der Waals surface area contributed by atoms with E-state index in [1.807, 2.05) is 0 Å². The number of nitrogens with one attached hydrogen (secondary N) is 1. The van der Waals surface area contributed by atoms with Gasteiger partial charge in [-0.05, 0) is 55.6 Å². The third-order valence-corrected chi connectivity index (χ3v) is 6.98. The molecule has 0 saturated carbocycles. The molecule has 3 aliphatic rings. The number of hydrogen-bond donors (Lipinski definition) is 1. The molecular formula is C25H30N4O2. The standard InChI is InChI=1S/C25H30N4O2/c1-2-4-22-21(3-1)27-25(19-7-10-26-16-19)29(22)20-8-11-28(12-9-20)17-18-5-6-23-24(15-18)31-14-13-30-23/h1-6,15,19-20,26H,7-14,16-17H2/t19-/m1/s1. The van der Waals surface area contributed by atoms with Gasteiger partial charge in [-0.25, -0.2) is 4.98 Å². The maximum atomic E-state index is 5.76. The topological polar surface area (TPSA) is 51.6 Å². The van der Waals surface area contributed by atoms with Crippen molar-refractivity contribution in [2.75, 3.05) is 39.4 Å². The van der Waals surface area contributed by atoms with Crippen molar-refractivity contribution in [3.63, 3.8) is 0 Å². The quantitative estimate of drug-likeness (QED) is 0.700. The number of ether oxygens (including phenoxy) is 2. The Labute approximate surface area is 183 Å². The molecule has 1 aromatic heterocycles. The summed E-state index contributed by atoms with van der Waals surface area (Å²) in [5.74, 6) is 3.58. The van der Waals surface area contributed by atoms with E-state index in [1.54, 1.807) is 0 Å². The number of fused-ring (bicyclic) bond motifs is 2. The van der Waals surface area contributed by atoms with Crippen LogP contribution in [0.1, 0.15) is 42.6 Å². The fraction of sp³-hybridized carbons (Fsp3) is 0.480. The summed E-state index contributed by atoms with van der Waals surface area (Å²) in [6, 6.07) is 15.6. The third-order valence-electron chi connectivity index (χ3n) is 6.98. The van der Waals surface area contributed by atoms with E-state index < -0.39 is 0 Å². The lowest BCUT2D eigenvalue weighted by atomic mass is 10.0. The molecule has 6 rings (SSSR count). The summed E-state index contributed by atoms with van der Waals surface area (Å²) in [4.78, 5) is 7.65. The van der Waals surface area contributed by atoms with Crippen LogP contribution in [-0.4, -0.2) is 53.8 Å². The number of likely N-dealkylation sites (tertiary alicyclic amines) is 1. The minimum Gasteiger partial charge on any atom is -0.486 e. The molecule has 162 valence electrons. The van der Waals surface area contributed by atoms with Gasteiger partial charge in [0.25, 0.3) is 0 Å². The van der Waals surface area contributed by atoms with E-state index in [4.69, 9.17) is 14.5 Å². The first-order valence-corrected chi connectivity index (χ1v) is 11.6. The van der Waals surface area contributed by atoms with Crippen LogP contribution in [-0.2, 0) is 6.54 Å². The minimum atomic E-state index is 0.527. The van der Waals surface area contributed by atoms with Crippen molar-refractivity contribution < 1.29 is 9.47 Å². The lowest BCUT2D eigenvalue weighted by molar-refractivity contribution is 0.168. The molecule has 0 aliphatic carbocycles. The molecular weight excluding hydrogens is 388 g/mol. The highest BCUT2D eigenvalue weighted by atomic mass is 16.6. The molecule has 0 unspecified atom stereocenters. The van der Waals surface area contributed by atoms with Crippen molar-refractivity contribution >= 4 is 11.0 Å². The van der Waals surface area contributed by atoms with Gasteiger partial charge >= 0.3 is 0 Å². The van der Waals surface area contributed by atoms with Crippen LogP contribution >= 0.6 is 0 Å². The smallest absolute Gasteiger partial charge is 0.161 e. The molecule has 0 spiro atoms. The highest BCUT2D eigenvalue weighted by Gasteiger charge is 2.29. The Bertz CT molecular complexity index is 1060. The van der Waals surface area contributed by atoms with Crippen molar-refractivity contribution in [2.24, 2.45) is 0 Å². The van der Waals surface area contributed by atoms with E-state index >= 15 is 0 Å². The molecule has 2 aromatic carbocycles. The van der Waals surface area contributed by atoms with E-state index in [0.29, 0.717) is 25.2 Å². The normalized spacial score (nSPS) is 22.3. The number of para-hydroxylation sites is 2. The SMILES string of the molecule is c1ccc2c(c1)nc([C@@H]1CCNC1)n2C1CCN(Cc2ccc3c(c2)OCCO3)CC1. The Kier molecular flexibility index (Phi) is 5.04. The Hall–Kier alpha value is -2.57. The van der Waals surface area contributed by atoms with Crippen LogP contribution in [0.15, 0.2) is 42.5 Å². The second-order valence-corrected chi connectivity index (χ2v) is 9.00. The zero-order valence-electron chi connectivity index (χ0n) is 17.9. The summed E-state index contributed by atoms with van der Waals surface area (Å²) < 4.78 is 14.0. The predicted octanol–water partition coefficient (Wildman–Crippen LogP) is 3.72. The van der Waals surface area contributed by atoms with Crippen LogP contribution in [0, 0.1) is 0 Å². The molecule has 0 amide bonds. The Morgan fingerprint density at radius 3 is 2.65 bits per heavy atom. The first-order chi connectivity index (χ1) is 15.3. The first-order valence-electron chi connectivity index (χ1n) is 11.6. The van der Waals surface area contributed by atoms with Crippen LogP contribution in [0.3, 0.4) is 0 Å². The number of aromatic nitrogens is 2. The molecule has 4 heterocycles. The van der Waals surface area contributed by atoms with Crippen molar-refractivity contribution in [3.05, 3.63) is 53.9 Å². The fourth-order valence-corrected chi connectivity index (χ4v) is 5.39. The largest absolute Gasteiger partial charge is 0.486 e. The number of hydrogen-bond acceptors (Lipinski definition) is 5. The first kappa shape index (κ1) is 19.1. The van der Waals surface area contributed by atoms with Crippen LogP contribution < -0.4 is 14.8 Å². The summed E-state index contributed by atoms with van der Waals surface area (Å²) in [5, 5.41) is 3.52. The van der Waals surface area contributed by atoms with Gasteiger partial charge in [-0.15, -0.1) is 0 Å².